The second-order valence-electron chi connectivity index (χ2n) is 5.78. The molecular weight excluding hydrogens is 280 g/mol. The third kappa shape index (κ3) is 3.20. The molecule has 2 atom stereocenters. The van der Waals surface area contributed by atoms with Crippen molar-refractivity contribution < 1.29 is 34.4 Å². The van der Waals surface area contributed by atoms with E-state index in [1.807, 2.05) is 0 Å². The fourth-order valence-electron chi connectivity index (χ4n) is 3.50. The summed E-state index contributed by atoms with van der Waals surface area (Å²) in [5, 5.41) is 29.9. The molecule has 2 fully saturated rings. The Labute approximate surface area is 122 Å². The van der Waals surface area contributed by atoms with Gasteiger partial charge in [-0.1, -0.05) is 0 Å². The number of carboxylic acid groups (broad SMARTS) is 2. The van der Waals surface area contributed by atoms with Crippen molar-refractivity contribution in [1.29, 1.82) is 0 Å². The van der Waals surface area contributed by atoms with Crippen LogP contribution in [0.4, 0.5) is 0 Å². The van der Waals surface area contributed by atoms with Crippen LogP contribution in [-0.2, 0) is 19.1 Å². The van der Waals surface area contributed by atoms with Crippen molar-refractivity contribution in [2.75, 3.05) is 26.4 Å². The Balaban J connectivity index is 2.30. The van der Waals surface area contributed by atoms with Crippen LogP contribution in [0.25, 0.3) is 0 Å². The van der Waals surface area contributed by atoms with E-state index >= 15 is 0 Å². The Morgan fingerprint density at radius 2 is 1.43 bits per heavy atom. The van der Waals surface area contributed by atoms with E-state index < -0.39 is 29.4 Å². The van der Waals surface area contributed by atoms with Crippen molar-refractivity contribution in [3.05, 3.63) is 0 Å². The molecule has 0 aliphatic carbocycles. The molecule has 0 saturated carbocycles. The maximum atomic E-state index is 11.7. The third-order valence-corrected chi connectivity index (χ3v) is 4.66. The van der Waals surface area contributed by atoms with Gasteiger partial charge < -0.3 is 24.8 Å². The highest BCUT2D eigenvalue weighted by atomic mass is 16.5. The van der Waals surface area contributed by atoms with Gasteiger partial charge in [-0.05, 0) is 31.6 Å². The number of carboxylic acids is 2. The maximum absolute atomic E-state index is 11.7. The zero-order valence-corrected chi connectivity index (χ0v) is 11.9. The number of hydrogen-bond acceptors (Lipinski definition) is 5. The summed E-state index contributed by atoms with van der Waals surface area (Å²) >= 11 is 0. The fraction of sp³-hybridized carbons (Fsp3) is 0.857. The summed E-state index contributed by atoms with van der Waals surface area (Å²) in [4.78, 5) is 23.4. The number of aliphatic carboxylic acids is 2. The summed E-state index contributed by atoms with van der Waals surface area (Å²) in [5.41, 5.74) is -2.25. The van der Waals surface area contributed by atoms with Crippen LogP contribution < -0.4 is 0 Å². The molecule has 2 rings (SSSR count). The lowest BCUT2D eigenvalue weighted by atomic mass is 9.67. The smallest absolute Gasteiger partial charge is 0.336 e. The normalized spacial score (nSPS) is 26.0. The van der Waals surface area contributed by atoms with E-state index in [4.69, 9.17) is 9.47 Å². The highest BCUT2D eigenvalue weighted by molar-refractivity contribution is 5.86. The molecule has 2 aliphatic heterocycles. The summed E-state index contributed by atoms with van der Waals surface area (Å²) in [6.07, 6.45) is 1.62. The van der Waals surface area contributed by atoms with Crippen LogP contribution in [0.1, 0.15) is 25.7 Å². The second-order valence-corrected chi connectivity index (χ2v) is 5.78. The maximum Gasteiger partial charge on any atom is 0.336 e. The molecule has 0 bridgehead atoms. The third-order valence-electron chi connectivity index (χ3n) is 4.66. The minimum Gasteiger partial charge on any atom is -0.481 e. The monoisotopic (exact) mass is 302 g/mol. The Kier molecular flexibility index (Phi) is 5.18. The lowest BCUT2D eigenvalue weighted by Gasteiger charge is -2.42. The Morgan fingerprint density at radius 3 is 1.86 bits per heavy atom. The van der Waals surface area contributed by atoms with Gasteiger partial charge in [-0.15, -0.1) is 0 Å². The minimum absolute atomic E-state index is 0.348. The number of hydrogen-bond donors (Lipinski definition) is 3. The van der Waals surface area contributed by atoms with E-state index in [1.165, 1.54) is 0 Å². The molecule has 0 aromatic heterocycles. The molecule has 3 N–H and O–H groups in total. The first-order chi connectivity index (χ1) is 9.98. The molecule has 2 unspecified atom stereocenters. The van der Waals surface area contributed by atoms with E-state index in [-0.39, 0.29) is 5.92 Å². The van der Waals surface area contributed by atoms with E-state index in [2.05, 4.69) is 0 Å². The molecule has 2 saturated heterocycles. The number of aliphatic hydroxyl groups is 1. The summed E-state index contributed by atoms with van der Waals surface area (Å²) in [6, 6.07) is 0. The first-order valence-corrected chi connectivity index (χ1v) is 7.32. The van der Waals surface area contributed by atoms with Gasteiger partial charge in [0.2, 0.25) is 0 Å². The average Bonchev–Trinajstić information content (AvgIpc) is 2.48. The van der Waals surface area contributed by atoms with Crippen LogP contribution in [0.5, 0.6) is 0 Å². The first-order valence-electron chi connectivity index (χ1n) is 7.32. The molecule has 0 aromatic rings. The predicted octanol–water partition coefficient (Wildman–Crippen LogP) is 0.356. The fourth-order valence-corrected chi connectivity index (χ4v) is 3.50. The van der Waals surface area contributed by atoms with Gasteiger partial charge in [0.25, 0.3) is 0 Å². The Hall–Kier alpha value is -1.18. The van der Waals surface area contributed by atoms with Crippen molar-refractivity contribution in [1.82, 2.24) is 0 Å². The molecule has 21 heavy (non-hydrogen) atoms. The van der Waals surface area contributed by atoms with Crippen molar-refractivity contribution >= 4 is 11.9 Å². The molecule has 2 heterocycles. The molecule has 120 valence electrons. The Bertz CT molecular complexity index is 385. The molecular formula is C14H22O7. The van der Waals surface area contributed by atoms with Gasteiger partial charge in [-0.25, -0.2) is 4.79 Å². The Morgan fingerprint density at radius 1 is 0.952 bits per heavy atom. The van der Waals surface area contributed by atoms with E-state index in [9.17, 15) is 24.9 Å². The van der Waals surface area contributed by atoms with Crippen LogP contribution in [0.2, 0.25) is 0 Å². The zero-order chi connectivity index (χ0) is 15.5. The summed E-state index contributed by atoms with van der Waals surface area (Å²) in [6.45, 7) is 1.50. The van der Waals surface area contributed by atoms with Gasteiger partial charge >= 0.3 is 11.9 Å². The van der Waals surface area contributed by atoms with Gasteiger partial charge in [0.1, 0.15) is 0 Å². The van der Waals surface area contributed by atoms with Gasteiger partial charge in [0, 0.05) is 32.3 Å². The molecule has 0 spiro atoms. The lowest BCUT2D eigenvalue weighted by molar-refractivity contribution is -0.194. The van der Waals surface area contributed by atoms with Gasteiger partial charge in [0.15, 0.2) is 5.60 Å². The van der Waals surface area contributed by atoms with Crippen LogP contribution >= 0.6 is 0 Å². The number of carbonyl (C=O) groups is 2. The quantitative estimate of drug-likeness (QED) is 0.671. The molecule has 0 aromatic carbocycles. The van der Waals surface area contributed by atoms with Gasteiger partial charge in [-0.2, -0.15) is 0 Å². The van der Waals surface area contributed by atoms with Crippen molar-refractivity contribution in [3.8, 4) is 0 Å². The molecule has 7 heteroatoms. The molecule has 0 amide bonds. The lowest BCUT2D eigenvalue weighted by Crippen LogP contribution is -2.58. The zero-order valence-electron chi connectivity index (χ0n) is 11.9. The van der Waals surface area contributed by atoms with Gasteiger partial charge in [0.05, 0.1) is 5.92 Å². The van der Waals surface area contributed by atoms with Crippen molar-refractivity contribution in [3.63, 3.8) is 0 Å². The predicted molar refractivity (Wildman–Crippen MR) is 70.8 cm³/mol. The molecule has 7 nitrogen and oxygen atoms in total. The van der Waals surface area contributed by atoms with E-state index in [0.717, 1.165) is 0 Å². The summed E-state index contributed by atoms with van der Waals surface area (Å²) in [5.74, 6) is -5.01. The topological polar surface area (TPSA) is 113 Å². The molecule has 2 aliphatic rings. The van der Waals surface area contributed by atoms with Crippen LogP contribution in [0.3, 0.4) is 0 Å². The summed E-state index contributed by atoms with van der Waals surface area (Å²) in [7, 11) is 0. The van der Waals surface area contributed by atoms with E-state index in [1.54, 1.807) is 0 Å². The van der Waals surface area contributed by atoms with Crippen LogP contribution in [0.15, 0.2) is 0 Å². The highest BCUT2D eigenvalue weighted by Gasteiger charge is 2.56. The number of ether oxygens (including phenoxy) is 2. The van der Waals surface area contributed by atoms with Crippen molar-refractivity contribution in [2.24, 2.45) is 17.8 Å². The second kappa shape index (κ2) is 6.72. The standard InChI is InChI=1S/C14H22O7/c15-12(16)11(9-1-5-20-6-2-9)14(19,13(17)18)10-3-7-21-8-4-10/h9-11,19H,1-8H2,(H,15,16)(H,17,18). The molecule has 0 radical (unpaired) electrons. The SMILES string of the molecule is O=C(O)C(C1CCOCC1)C(O)(C(=O)O)C1CCOCC1. The summed E-state index contributed by atoms with van der Waals surface area (Å²) < 4.78 is 10.4. The van der Waals surface area contributed by atoms with Crippen LogP contribution in [-0.4, -0.2) is 59.3 Å². The first kappa shape index (κ1) is 16.2. The van der Waals surface area contributed by atoms with Gasteiger partial charge in [-0.3, -0.25) is 4.79 Å². The average molecular weight is 302 g/mol. The number of rotatable bonds is 5. The van der Waals surface area contributed by atoms with Crippen LogP contribution in [0, 0.1) is 17.8 Å². The highest BCUT2D eigenvalue weighted by Crippen LogP contribution is 2.40. The largest absolute Gasteiger partial charge is 0.481 e. The van der Waals surface area contributed by atoms with Crippen molar-refractivity contribution in [2.45, 2.75) is 31.3 Å². The minimum atomic E-state index is -2.25. The van der Waals surface area contributed by atoms with E-state index in [0.29, 0.717) is 52.1 Å².